The highest BCUT2D eigenvalue weighted by molar-refractivity contribution is 5.92. The maximum absolute atomic E-state index is 11.9. The summed E-state index contributed by atoms with van der Waals surface area (Å²) in [5.41, 5.74) is 0.933. The quantitative estimate of drug-likeness (QED) is 0.468. The highest BCUT2D eigenvalue weighted by atomic mass is 16.5. The zero-order chi connectivity index (χ0) is 17.6. The van der Waals surface area contributed by atoms with Crippen molar-refractivity contribution in [1.29, 1.82) is 0 Å². The number of nitrogens with zero attached hydrogens (tertiary/aromatic N) is 1. The second-order valence-corrected chi connectivity index (χ2v) is 5.74. The van der Waals surface area contributed by atoms with Gasteiger partial charge in [-0.25, -0.2) is 0 Å². The van der Waals surface area contributed by atoms with Gasteiger partial charge in [-0.2, -0.15) is 0 Å². The van der Waals surface area contributed by atoms with Gasteiger partial charge >= 0.3 is 0 Å². The summed E-state index contributed by atoms with van der Waals surface area (Å²) in [6.07, 6.45) is 6.48. The maximum atomic E-state index is 11.9. The SMILES string of the molecule is CCCOc1ccccc1/C=C/C(=O)NCCCCN(CC)CC. The molecule has 1 rings (SSSR count). The smallest absolute Gasteiger partial charge is 0.244 e. The van der Waals surface area contributed by atoms with Crippen LogP contribution < -0.4 is 10.1 Å². The predicted molar refractivity (Wildman–Crippen MR) is 101 cm³/mol. The van der Waals surface area contributed by atoms with E-state index in [0.717, 1.165) is 56.8 Å². The number of carbonyl (C=O) groups is 1. The van der Waals surface area contributed by atoms with Gasteiger partial charge in [0.25, 0.3) is 0 Å². The van der Waals surface area contributed by atoms with Gasteiger partial charge < -0.3 is 15.0 Å². The summed E-state index contributed by atoms with van der Waals surface area (Å²) in [5.74, 6) is 0.769. The molecule has 0 aliphatic rings. The monoisotopic (exact) mass is 332 g/mol. The first-order chi connectivity index (χ1) is 11.7. The van der Waals surface area contributed by atoms with Gasteiger partial charge in [-0.1, -0.05) is 39.0 Å². The van der Waals surface area contributed by atoms with Gasteiger partial charge in [0.05, 0.1) is 6.61 Å². The summed E-state index contributed by atoms with van der Waals surface area (Å²) < 4.78 is 5.69. The molecule has 0 radical (unpaired) electrons. The third-order valence-electron chi connectivity index (χ3n) is 3.89. The Morgan fingerprint density at radius 3 is 2.62 bits per heavy atom. The first-order valence-corrected chi connectivity index (χ1v) is 9.11. The van der Waals surface area contributed by atoms with Crippen LogP contribution in [-0.4, -0.2) is 43.6 Å². The number of ether oxygens (including phenoxy) is 1. The molecule has 0 spiro atoms. The van der Waals surface area contributed by atoms with E-state index in [-0.39, 0.29) is 5.91 Å². The van der Waals surface area contributed by atoms with Crippen LogP contribution in [0.3, 0.4) is 0 Å². The molecule has 1 aromatic rings. The van der Waals surface area contributed by atoms with Gasteiger partial charge in [0.15, 0.2) is 0 Å². The fourth-order valence-electron chi connectivity index (χ4n) is 2.40. The normalized spacial score (nSPS) is 11.2. The minimum absolute atomic E-state index is 0.0527. The molecule has 0 atom stereocenters. The van der Waals surface area contributed by atoms with Crippen LogP contribution in [0, 0.1) is 0 Å². The molecular weight excluding hydrogens is 300 g/mol. The molecule has 0 fully saturated rings. The largest absolute Gasteiger partial charge is 0.493 e. The molecular formula is C20H32N2O2. The van der Waals surface area contributed by atoms with E-state index < -0.39 is 0 Å². The zero-order valence-electron chi connectivity index (χ0n) is 15.4. The van der Waals surface area contributed by atoms with E-state index in [9.17, 15) is 4.79 Å². The molecule has 4 heteroatoms. The Balaban J connectivity index is 2.33. The molecule has 0 aliphatic heterocycles. The molecule has 134 valence electrons. The summed E-state index contributed by atoms with van der Waals surface area (Å²) >= 11 is 0. The lowest BCUT2D eigenvalue weighted by molar-refractivity contribution is -0.116. The minimum atomic E-state index is -0.0527. The average molecular weight is 332 g/mol. The Morgan fingerprint density at radius 1 is 1.17 bits per heavy atom. The first-order valence-electron chi connectivity index (χ1n) is 9.11. The summed E-state index contributed by atoms with van der Waals surface area (Å²) in [4.78, 5) is 14.3. The van der Waals surface area contributed by atoms with E-state index in [4.69, 9.17) is 4.74 Å². The maximum Gasteiger partial charge on any atom is 0.244 e. The van der Waals surface area contributed by atoms with Crippen molar-refractivity contribution in [2.24, 2.45) is 0 Å². The van der Waals surface area contributed by atoms with Crippen LogP contribution in [0.2, 0.25) is 0 Å². The summed E-state index contributed by atoms with van der Waals surface area (Å²) in [6, 6.07) is 7.78. The molecule has 0 saturated heterocycles. The van der Waals surface area contributed by atoms with Crippen molar-refractivity contribution in [3.8, 4) is 5.75 Å². The Morgan fingerprint density at radius 2 is 1.92 bits per heavy atom. The third kappa shape index (κ3) is 8.16. The van der Waals surface area contributed by atoms with Crippen molar-refractivity contribution in [1.82, 2.24) is 10.2 Å². The Kier molecular flexibility index (Phi) is 10.6. The van der Waals surface area contributed by atoms with Crippen LogP contribution in [-0.2, 0) is 4.79 Å². The number of amides is 1. The molecule has 1 N–H and O–H groups in total. The fraction of sp³-hybridized carbons (Fsp3) is 0.550. The van der Waals surface area contributed by atoms with Crippen LogP contribution in [0.25, 0.3) is 6.08 Å². The van der Waals surface area contributed by atoms with Crippen LogP contribution in [0.1, 0.15) is 45.6 Å². The molecule has 1 aromatic carbocycles. The average Bonchev–Trinajstić information content (AvgIpc) is 2.62. The molecule has 0 heterocycles. The highest BCUT2D eigenvalue weighted by Gasteiger charge is 2.01. The summed E-state index contributed by atoms with van der Waals surface area (Å²) in [7, 11) is 0. The summed E-state index contributed by atoms with van der Waals surface area (Å²) in [6.45, 7) is 11.1. The van der Waals surface area contributed by atoms with Crippen molar-refractivity contribution >= 4 is 12.0 Å². The minimum Gasteiger partial charge on any atom is -0.493 e. The molecule has 0 saturated carbocycles. The molecule has 0 unspecified atom stereocenters. The number of carbonyl (C=O) groups excluding carboxylic acids is 1. The fourth-order valence-corrected chi connectivity index (χ4v) is 2.40. The van der Waals surface area contributed by atoms with E-state index in [1.165, 1.54) is 0 Å². The number of para-hydroxylation sites is 1. The van der Waals surface area contributed by atoms with Crippen LogP contribution >= 0.6 is 0 Å². The Hall–Kier alpha value is -1.81. The van der Waals surface area contributed by atoms with Crippen LogP contribution in [0.4, 0.5) is 0 Å². The van der Waals surface area contributed by atoms with Gasteiger partial charge in [-0.05, 0) is 51.0 Å². The van der Waals surface area contributed by atoms with Crippen LogP contribution in [0.15, 0.2) is 30.3 Å². The Labute approximate surface area is 146 Å². The lowest BCUT2D eigenvalue weighted by Gasteiger charge is -2.17. The molecule has 24 heavy (non-hydrogen) atoms. The van der Waals surface area contributed by atoms with E-state index in [2.05, 4.69) is 31.0 Å². The third-order valence-corrected chi connectivity index (χ3v) is 3.89. The number of hydrogen-bond acceptors (Lipinski definition) is 3. The number of nitrogens with one attached hydrogen (secondary N) is 1. The van der Waals surface area contributed by atoms with Crippen molar-refractivity contribution in [2.75, 3.05) is 32.8 Å². The number of hydrogen-bond donors (Lipinski definition) is 1. The van der Waals surface area contributed by atoms with Crippen molar-refractivity contribution in [2.45, 2.75) is 40.0 Å². The van der Waals surface area contributed by atoms with E-state index >= 15 is 0 Å². The second-order valence-electron chi connectivity index (χ2n) is 5.74. The number of unbranched alkanes of at least 4 members (excludes halogenated alkanes) is 1. The molecule has 0 aromatic heterocycles. The predicted octanol–water partition coefficient (Wildman–Crippen LogP) is 3.73. The second kappa shape index (κ2) is 12.6. The standard InChI is InChI=1S/C20H32N2O2/c1-4-17-24-19-12-8-7-11-18(19)13-14-20(23)21-15-9-10-16-22(5-2)6-3/h7-8,11-14H,4-6,9-10,15-17H2,1-3H3,(H,21,23)/b14-13+. The lowest BCUT2D eigenvalue weighted by atomic mass is 10.2. The number of benzene rings is 1. The van der Waals surface area contributed by atoms with E-state index in [1.807, 2.05) is 30.3 Å². The summed E-state index contributed by atoms with van der Waals surface area (Å²) in [5, 5.41) is 2.94. The van der Waals surface area contributed by atoms with Gasteiger partial charge in [-0.3, -0.25) is 4.79 Å². The van der Waals surface area contributed by atoms with Crippen molar-refractivity contribution < 1.29 is 9.53 Å². The van der Waals surface area contributed by atoms with E-state index in [1.54, 1.807) is 6.08 Å². The van der Waals surface area contributed by atoms with E-state index in [0.29, 0.717) is 6.61 Å². The molecule has 4 nitrogen and oxygen atoms in total. The van der Waals surface area contributed by atoms with Gasteiger partial charge in [0, 0.05) is 18.2 Å². The Bertz CT molecular complexity index is 496. The number of rotatable bonds is 12. The molecule has 0 bridgehead atoms. The van der Waals surface area contributed by atoms with Gasteiger partial charge in [0.2, 0.25) is 5.91 Å². The van der Waals surface area contributed by atoms with Gasteiger partial charge in [0.1, 0.15) is 5.75 Å². The topological polar surface area (TPSA) is 41.6 Å². The first kappa shape index (κ1) is 20.2. The highest BCUT2D eigenvalue weighted by Crippen LogP contribution is 2.19. The van der Waals surface area contributed by atoms with Crippen molar-refractivity contribution in [3.05, 3.63) is 35.9 Å². The lowest BCUT2D eigenvalue weighted by Crippen LogP contribution is -2.26. The zero-order valence-corrected chi connectivity index (χ0v) is 15.4. The van der Waals surface area contributed by atoms with Gasteiger partial charge in [-0.15, -0.1) is 0 Å². The van der Waals surface area contributed by atoms with Crippen LogP contribution in [0.5, 0.6) is 5.75 Å². The molecule has 0 aliphatic carbocycles. The molecule has 1 amide bonds. The van der Waals surface area contributed by atoms with Crippen molar-refractivity contribution in [3.63, 3.8) is 0 Å².